The average molecular weight is 227 g/mol. The summed E-state index contributed by atoms with van der Waals surface area (Å²) in [5.41, 5.74) is 0. The molecule has 3 heteroatoms. The quantitative estimate of drug-likeness (QED) is 0.691. The molecule has 1 aromatic heterocycles. The van der Waals surface area contributed by atoms with Gasteiger partial charge in [0, 0.05) is 6.42 Å². The number of nitrogens with one attached hydrogen (secondary N) is 1. The minimum Gasteiger partial charge on any atom is -0.465 e. The maximum absolute atomic E-state index is 5.63. The molecule has 0 fully saturated rings. The van der Waals surface area contributed by atoms with Crippen molar-refractivity contribution in [3.05, 3.63) is 23.7 Å². The molecule has 0 bridgehead atoms. The van der Waals surface area contributed by atoms with E-state index in [-0.39, 0.29) is 0 Å². The van der Waals surface area contributed by atoms with Gasteiger partial charge in [-0.15, -0.1) is 0 Å². The topological polar surface area (TPSA) is 25.2 Å². The Morgan fingerprint density at radius 3 is 2.73 bits per heavy atom. The van der Waals surface area contributed by atoms with Crippen LogP contribution in [0.5, 0.6) is 0 Å². The molecular weight excluding hydrogens is 206 g/mol. The van der Waals surface area contributed by atoms with Crippen LogP contribution in [0.2, 0.25) is 0 Å². The highest BCUT2D eigenvalue weighted by Crippen LogP contribution is 2.16. The number of rotatable bonds is 8. The second-order valence-corrected chi connectivity index (χ2v) is 4.69. The number of thioether (sulfide) groups is 1. The van der Waals surface area contributed by atoms with E-state index >= 15 is 0 Å². The molecule has 2 nitrogen and oxygen atoms in total. The smallest absolute Gasteiger partial charge is 0.114 e. The van der Waals surface area contributed by atoms with Crippen molar-refractivity contribution in [2.75, 3.05) is 19.3 Å². The van der Waals surface area contributed by atoms with Crippen molar-refractivity contribution in [1.29, 1.82) is 0 Å². The third-order valence-corrected chi connectivity index (χ3v) is 3.34. The Morgan fingerprint density at radius 2 is 2.07 bits per heavy atom. The fourth-order valence-corrected chi connectivity index (χ4v) is 2.28. The fourth-order valence-electron chi connectivity index (χ4n) is 1.37. The zero-order valence-corrected chi connectivity index (χ0v) is 10.5. The molecule has 1 aromatic rings. The van der Waals surface area contributed by atoms with E-state index in [2.05, 4.69) is 24.4 Å². The number of unbranched alkanes of at least 4 members (excludes halogenated alkanes) is 1. The van der Waals surface area contributed by atoms with Gasteiger partial charge in [0.25, 0.3) is 0 Å². The first-order valence-corrected chi connectivity index (χ1v) is 6.82. The van der Waals surface area contributed by atoms with Crippen LogP contribution in [0.1, 0.15) is 31.3 Å². The minimum atomic E-state index is 0.993. The van der Waals surface area contributed by atoms with Gasteiger partial charge in [-0.1, -0.05) is 6.92 Å². The molecule has 0 aliphatic carbocycles. The van der Waals surface area contributed by atoms with Gasteiger partial charge in [-0.25, -0.2) is 0 Å². The van der Waals surface area contributed by atoms with E-state index in [9.17, 15) is 0 Å². The van der Waals surface area contributed by atoms with E-state index < -0.39 is 0 Å². The molecule has 15 heavy (non-hydrogen) atoms. The number of aryl methyl sites for hydroxylation is 1. The monoisotopic (exact) mass is 227 g/mol. The molecule has 0 amide bonds. The van der Waals surface area contributed by atoms with Crippen LogP contribution in [0.25, 0.3) is 0 Å². The molecule has 0 radical (unpaired) electrons. The van der Waals surface area contributed by atoms with Crippen molar-refractivity contribution in [3.63, 3.8) is 0 Å². The van der Waals surface area contributed by atoms with Crippen molar-refractivity contribution >= 4 is 11.8 Å². The molecule has 1 heterocycles. The molecule has 0 saturated heterocycles. The summed E-state index contributed by atoms with van der Waals surface area (Å²) in [6.07, 6.45) is 3.54. The lowest BCUT2D eigenvalue weighted by molar-refractivity contribution is 0.485. The Bertz CT molecular complexity index is 260. The maximum atomic E-state index is 5.63. The fraction of sp³-hybridized carbons (Fsp3) is 0.667. The summed E-state index contributed by atoms with van der Waals surface area (Å²) in [5, 5.41) is 3.16. The van der Waals surface area contributed by atoms with Gasteiger partial charge in [0.15, 0.2) is 0 Å². The third kappa shape index (κ3) is 5.28. The lowest BCUT2D eigenvalue weighted by Crippen LogP contribution is -2.07. The van der Waals surface area contributed by atoms with E-state index in [1.807, 2.05) is 18.8 Å². The standard InChI is InChI=1S/C12H21NOS/c1-3-11-6-7-12(14-11)10-15-9-5-4-8-13-2/h6-7,13H,3-5,8-10H2,1-2H3. The largest absolute Gasteiger partial charge is 0.465 e. The van der Waals surface area contributed by atoms with Crippen LogP contribution >= 0.6 is 11.8 Å². The van der Waals surface area contributed by atoms with E-state index in [4.69, 9.17) is 4.42 Å². The van der Waals surface area contributed by atoms with E-state index in [0.717, 1.165) is 30.2 Å². The first-order valence-electron chi connectivity index (χ1n) is 5.66. The predicted octanol–water partition coefficient (Wildman–Crippen LogP) is 3.07. The number of hydrogen-bond donors (Lipinski definition) is 1. The highest BCUT2D eigenvalue weighted by Gasteiger charge is 1.99. The zero-order chi connectivity index (χ0) is 10.9. The van der Waals surface area contributed by atoms with Crippen LogP contribution < -0.4 is 5.32 Å². The summed E-state index contributed by atoms with van der Waals surface area (Å²) in [6.45, 7) is 3.24. The van der Waals surface area contributed by atoms with Gasteiger partial charge in [-0.3, -0.25) is 0 Å². The van der Waals surface area contributed by atoms with Crippen LogP contribution in [0.4, 0.5) is 0 Å². The molecule has 0 aliphatic rings. The lowest BCUT2D eigenvalue weighted by Gasteiger charge is -1.99. The summed E-state index contributed by atoms with van der Waals surface area (Å²) < 4.78 is 5.63. The van der Waals surface area contributed by atoms with E-state index in [1.165, 1.54) is 18.6 Å². The van der Waals surface area contributed by atoms with Crippen molar-refractivity contribution < 1.29 is 4.42 Å². The van der Waals surface area contributed by atoms with Crippen molar-refractivity contribution in [3.8, 4) is 0 Å². The Balaban J connectivity index is 2.04. The van der Waals surface area contributed by atoms with Crippen LogP contribution in [-0.2, 0) is 12.2 Å². The highest BCUT2D eigenvalue weighted by molar-refractivity contribution is 7.98. The average Bonchev–Trinajstić information content (AvgIpc) is 2.71. The zero-order valence-electron chi connectivity index (χ0n) is 9.71. The molecule has 1 N–H and O–H groups in total. The normalized spacial score (nSPS) is 10.8. The number of furan rings is 1. The first kappa shape index (κ1) is 12.7. The second kappa shape index (κ2) is 7.83. The SMILES string of the molecule is CCc1ccc(CSCCCCNC)o1. The Kier molecular flexibility index (Phi) is 6.60. The molecule has 0 spiro atoms. The number of hydrogen-bond acceptors (Lipinski definition) is 3. The van der Waals surface area contributed by atoms with Gasteiger partial charge < -0.3 is 9.73 Å². The van der Waals surface area contributed by atoms with Gasteiger partial charge in [0.2, 0.25) is 0 Å². The molecule has 1 rings (SSSR count). The van der Waals surface area contributed by atoms with Crippen LogP contribution in [0, 0.1) is 0 Å². The summed E-state index contributed by atoms with van der Waals surface area (Å²) in [4.78, 5) is 0. The molecule has 86 valence electrons. The Hall–Kier alpha value is -0.410. The van der Waals surface area contributed by atoms with Crippen molar-refractivity contribution in [2.45, 2.75) is 31.9 Å². The van der Waals surface area contributed by atoms with Crippen molar-refractivity contribution in [2.24, 2.45) is 0 Å². The molecule has 0 aliphatic heterocycles. The van der Waals surface area contributed by atoms with Crippen LogP contribution in [0.3, 0.4) is 0 Å². The van der Waals surface area contributed by atoms with Crippen molar-refractivity contribution in [1.82, 2.24) is 5.32 Å². The Morgan fingerprint density at radius 1 is 1.27 bits per heavy atom. The van der Waals surface area contributed by atoms with E-state index in [1.54, 1.807) is 0 Å². The van der Waals surface area contributed by atoms with Gasteiger partial charge in [-0.05, 0) is 44.3 Å². The Labute approximate surface area is 96.8 Å². The minimum absolute atomic E-state index is 0.993. The van der Waals surface area contributed by atoms with Gasteiger partial charge in [-0.2, -0.15) is 11.8 Å². The van der Waals surface area contributed by atoms with Gasteiger partial charge in [0.05, 0.1) is 5.75 Å². The van der Waals surface area contributed by atoms with Crippen LogP contribution in [-0.4, -0.2) is 19.3 Å². The predicted molar refractivity (Wildman–Crippen MR) is 67.4 cm³/mol. The second-order valence-electron chi connectivity index (χ2n) is 3.58. The van der Waals surface area contributed by atoms with Gasteiger partial charge in [0.1, 0.15) is 11.5 Å². The molecular formula is C12H21NOS. The summed E-state index contributed by atoms with van der Waals surface area (Å²) in [5.74, 6) is 4.45. The summed E-state index contributed by atoms with van der Waals surface area (Å²) in [6, 6.07) is 4.18. The van der Waals surface area contributed by atoms with Crippen LogP contribution in [0.15, 0.2) is 16.5 Å². The summed E-state index contributed by atoms with van der Waals surface area (Å²) >= 11 is 1.96. The summed E-state index contributed by atoms with van der Waals surface area (Å²) in [7, 11) is 2.00. The molecule has 0 saturated carbocycles. The first-order chi connectivity index (χ1) is 7.36. The molecule has 0 unspecified atom stereocenters. The lowest BCUT2D eigenvalue weighted by atomic mass is 10.3. The maximum Gasteiger partial charge on any atom is 0.114 e. The third-order valence-electron chi connectivity index (χ3n) is 2.28. The van der Waals surface area contributed by atoms with Gasteiger partial charge >= 0.3 is 0 Å². The molecule has 0 atom stereocenters. The highest BCUT2D eigenvalue weighted by atomic mass is 32.2. The van der Waals surface area contributed by atoms with E-state index in [0.29, 0.717) is 0 Å². The molecule has 0 aromatic carbocycles.